The van der Waals surface area contributed by atoms with Gasteiger partial charge in [0.15, 0.2) is 5.82 Å². The molecule has 0 aromatic carbocycles. The van der Waals surface area contributed by atoms with Crippen molar-refractivity contribution in [2.45, 2.75) is 32.8 Å². The maximum atomic E-state index is 14.9. The first-order valence-corrected chi connectivity index (χ1v) is 9.75. The van der Waals surface area contributed by atoms with Gasteiger partial charge in [-0.1, -0.05) is 5.10 Å². The molecule has 1 amide bonds. The van der Waals surface area contributed by atoms with Gasteiger partial charge in [0.05, 0.1) is 30.1 Å². The van der Waals surface area contributed by atoms with Crippen molar-refractivity contribution in [2.24, 2.45) is 0 Å². The monoisotopic (exact) mass is 417 g/mol. The molecule has 0 atom stereocenters. The summed E-state index contributed by atoms with van der Waals surface area (Å²) in [7, 11) is 1.42. The first kappa shape index (κ1) is 19.2. The molecule has 0 radical (unpaired) electrons. The molecule has 1 saturated carbocycles. The van der Waals surface area contributed by atoms with Gasteiger partial charge in [-0.15, -0.1) is 5.10 Å². The Morgan fingerprint density at radius 3 is 2.79 bits per heavy atom. The lowest BCUT2D eigenvalue weighted by Gasteiger charge is -2.14. The van der Waals surface area contributed by atoms with E-state index in [0.29, 0.717) is 16.5 Å². The molecule has 0 unspecified atom stereocenters. The quantitative estimate of drug-likeness (QED) is 0.651. The number of anilines is 1. The van der Waals surface area contributed by atoms with Crippen molar-refractivity contribution in [1.29, 1.82) is 0 Å². The number of nitrogens with one attached hydrogen (secondary N) is 1. The Bertz CT molecular complexity index is 1090. The van der Waals surface area contributed by atoms with E-state index in [-0.39, 0.29) is 35.2 Å². The van der Waals surface area contributed by atoms with E-state index in [2.05, 4.69) is 25.5 Å². The summed E-state index contributed by atoms with van der Waals surface area (Å²) in [5.41, 5.74) is 1.52. The highest BCUT2D eigenvalue weighted by molar-refractivity contribution is 7.17. The van der Waals surface area contributed by atoms with E-state index in [0.717, 1.165) is 24.2 Å². The fraction of sp³-hybridized carbons (Fsp3) is 0.316. The van der Waals surface area contributed by atoms with Crippen LogP contribution in [0.4, 0.5) is 9.52 Å². The molecule has 4 rings (SSSR count). The molecule has 10 heteroatoms. The maximum absolute atomic E-state index is 14.9. The van der Waals surface area contributed by atoms with E-state index in [1.165, 1.54) is 19.5 Å². The SMILES string of the molecule is COc1cnc(C)c(F)c1-c1cc(C)ncc1C(=O)Nc1nnc(OC2CC2)s1.[HH]. The number of hydrogen-bond donors (Lipinski definition) is 1. The summed E-state index contributed by atoms with van der Waals surface area (Å²) in [6, 6.07) is 1.64. The van der Waals surface area contributed by atoms with Gasteiger partial charge >= 0.3 is 0 Å². The minimum absolute atomic E-state index is 0. The fourth-order valence-electron chi connectivity index (χ4n) is 2.72. The summed E-state index contributed by atoms with van der Waals surface area (Å²) in [4.78, 5) is 21.1. The smallest absolute Gasteiger partial charge is 0.296 e. The summed E-state index contributed by atoms with van der Waals surface area (Å²) in [6.07, 6.45) is 5.01. The van der Waals surface area contributed by atoms with Gasteiger partial charge in [0.1, 0.15) is 11.9 Å². The topological polar surface area (TPSA) is 99.1 Å². The van der Waals surface area contributed by atoms with Crippen LogP contribution >= 0.6 is 11.3 Å². The van der Waals surface area contributed by atoms with Gasteiger partial charge in [-0.05, 0) is 44.1 Å². The zero-order valence-corrected chi connectivity index (χ0v) is 16.8. The molecule has 0 saturated heterocycles. The van der Waals surface area contributed by atoms with Crippen molar-refractivity contribution in [1.82, 2.24) is 20.2 Å². The average molecular weight is 417 g/mol. The normalized spacial score (nSPS) is 13.2. The third-order valence-electron chi connectivity index (χ3n) is 4.35. The molecule has 8 nitrogen and oxygen atoms in total. The average Bonchev–Trinajstić information content (AvgIpc) is 3.41. The molecule has 3 heterocycles. The van der Waals surface area contributed by atoms with Gasteiger partial charge in [0.25, 0.3) is 11.1 Å². The lowest BCUT2D eigenvalue weighted by atomic mass is 9.99. The number of carbonyl (C=O) groups is 1. The first-order valence-electron chi connectivity index (χ1n) is 8.94. The molecule has 29 heavy (non-hydrogen) atoms. The number of hydrogen-bond acceptors (Lipinski definition) is 8. The second kappa shape index (κ2) is 7.70. The van der Waals surface area contributed by atoms with E-state index in [1.807, 2.05) is 0 Å². The van der Waals surface area contributed by atoms with Gasteiger partial charge in [-0.2, -0.15) is 0 Å². The molecule has 3 aromatic rings. The third kappa shape index (κ3) is 4.02. The highest BCUT2D eigenvalue weighted by Crippen LogP contribution is 2.36. The number of aryl methyl sites for hydroxylation is 2. The van der Waals surface area contributed by atoms with Crippen molar-refractivity contribution in [3.05, 3.63) is 41.2 Å². The molecule has 0 spiro atoms. The van der Waals surface area contributed by atoms with Crippen molar-refractivity contribution in [3.63, 3.8) is 0 Å². The Balaban J connectivity index is 0.00000256. The van der Waals surface area contributed by atoms with Crippen LogP contribution < -0.4 is 14.8 Å². The van der Waals surface area contributed by atoms with Crippen LogP contribution in [0.3, 0.4) is 0 Å². The number of ether oxygens (including phenoxy) is 2. The maximum Gasteiger partial charge on any atom is 0.296 e. The Hall–Kier alpha value is -3.14. The molecule has 1 aliphatic carbocycles. The number of rotatable bonds is 6. The second-order valence-electron chi connectivity index (χ2n) is 6.62. The zero-order chi connectivity index (χ0) is 20.5. The van der Waals surface area contributed by atoms with Gasteiger partial charge in [-0.25, -0.2) is 4.39 Å². The molecule has 0 bridgehead atoms. The number of aromatic nitrogens is 4. The summed E-state index contributed by atoms with van der Waals surface area (Å²) in [5.74, 6) is -0.818. The van der Waals surface area contributed by atoms with E-state index in [4.69, 9.17) is 9.47 Å². The van der Waals surface area contributed by atoms with Crippen LogP contribution in [0.15, 0.2) is 18.5 Å². The molecule has 3 aromatic heterocycles. The molecular weight excluding hydrogens is 397 g/mol. The summed E-state index contributed by atoms with van der Waals surface area (Å²) >= 11 is 1.14. The summed E-state index contributed by atoms with van der Waals surface area (Å²) < 4.78 is 25.8. The number of nitrogens with zero attached hydrogens (tertiary/aromatic N) is 4. The predicted octanol–water partition coefficient (Wildman–Crippen LogP) is 3.80. The van der Waals surface area contributed by atoms with Crippen molar-refractivity contribution < 1.29 is 20.1 Å². The van der Waals surface area contributed by atoms with Crippen LogP contribution in [0.1, 0.15) is 36.0 Å². The van der Waals surface area contributed by atoms with Crippen molar-refractivity contribution in [2.75, 3.05) is 12.4 Å². The zero-order valence-electron chi connectivity index (χ0n) is 16.0. The number of amides is 1. The summed E-state index contributed by atoms with van der Waals surface area (Å²) in [5, 5.41) is 11.2. The van der Waals surface area contributed by atoms with Gasteiger partial charge in [0.2, 0.25) is 5.13 Å². The number of pyridine rings is 2. The number of halogens is 1. The van der Waals surface area contributed by atoms with Crippen LogP contribution in [0.5, 0.6) is 10.9 Å². The van der Waals surface area contributed by atoms with E-state index in [9.17, 15) is 9.18 Å². The van der Waals surface area contributed by atoms with Gasteiger partial charge < -0.3 is 9.47 Å². The van der Waals surface area contributed by atoms with Crippen molar-refractivity contribution in [3.8, 4) is 22.1 Å². The van der Waals surface area contributed by atoms with Crippen LogP contribution in [-0.4, -0.2) is 39.3 Å². The molecule has 0 aliphatic heterocycles. The number of methoxy groups -OCH3 is 1. The highest BCUT2D eigenvalue weighted by atomic mass is 32.1. The van der Waals surface area contributed by atoms with E-state index < -0.39 is 11.7 Å². The lowest BCUT2D eigenvalue weighted by molar-refractivity contribution is 0.102. The first-order chi connectivity index (χ1) is 14.0. The predicted molar refractivity (Wildman–Crippen MR) is 107 cm³/mol. The Kier molecular flexibility index (Phi) is 5.10. The Morgan fingerprint density at radius 1 is 1.28 bits per heavy atom. The third-order valence-corrected chi connectivity index (χ3v) is 5.08. The second-order valence-corrected chi connectivity index (χ2v) is 7.56. The molecule has 1 fully saturated rings. The van der Waals surface area contributed by atoms with Gasteiger partial charge in [0, 0.05) is 18.9 Å². The van der Waals surface area contributed by atoms with Crippen molar-refractivity contribution >= 4 is 22.4 Å². The van der Waals surface area contributed by atoms with Gasteiger partial charge in [-0.3, -0.25) is 20.1 Å². The largest absolute Gasteiger partial charge is 0.494 e. The number of carbonyl (C=O) groups excluding carboxylic acids is 1. The fourth-order valence-corrected chi connectivity index (χ4v) is 3.38. The summed E-state index contributed by atoms with van der Waals surface area (Å²) in [6.45, 7) is 3.31. The highest BCUT2D eigenvalue weighted by Gasteiger charge is 2.26. The Morgan fingerprint density at radius 2 is 2.07 bits per heavy atom. The van der Waals surface area contributed by atoms with E-state index in [1.54, 1.807) is 19.9 Å². The molecule has 1 N–H and O–H groups in total. The lowest BCUT2D eigenvalue weighted by Crippen LogP contribution is -2.14. The standard InChI is InChI=1S/C19H18FN5O3S.H2/c1-9-6-12(15-14(27-3)8-22-10(2)16(15)20)13(7-21-9)17(26)23-18-24-25-19(29-18)28-11-4-5-11;/h6-8,11H,4-5H2,1-3H3,(H,23,24,26);1H. The molecular formula is C19H20FN5O3S. The van der Waals surface area contributed by atoms with Crippen LogP contribution in [-0.2, 0) is 0 Å². The minimum Gasteiger partial charge on any atom is -0.494 e. The molecule has 152 valence electrons. The van der Waals surface area contributed by atoms with Crippen LogP contribution in [0.25, 0.3) is 11.1 Å². The van der Waals surface area contributed by atoms with Crippen LogP contribution in [0, 0.1) is 19.7 Å². The van der Waals surface area contributed by atoms with E-state index >= 15 is 0 Å². The van der Waals surface area contributed by atoms with Crippen LogP contribution in [0.2, 0.25) is 0 Å². The minimum atomic E-state index is -0.556. The Labute approximate surface area is 171 Å². The molecule has 1 aliphatic rings.